The summed E-state index contributed by atoms with van der Waals surface area (Å²) in [5.74, 6) is -0.412. The van der Waals surface area contributed by atoms with Crippen LogP contribution in [0.1, 0.15) is 15.9 Å². The second-order valence-corrected chi connectivity index (χ2v) is 3.54. The molecule has 14 heavy (non-hydrogen) atoms. The molecule has 0 radical (unpaired) electrons. The highest BCUT2D eigenvalue weighted by atomic mass is 35.5. The number of aromatic nitrogens is 1. The highest BCUT2D eigenvalue weighted by Gasteiger charge is 2.16. The van der Waals surface area contributed by atoms with E-state index in [4.69, 9.17) is 16.7 Å². The van der Waals surface area contributed by atoms with Gasteiger partial charge in [0.25, 0.3) is 0 Å². The quantitative estimate of drug-likeness (QED) is 0.816. The number of carboxylic acid groups (broad SMARTS) is 1. The third-order valence-electron chi connectivity index (χ3n) is 1.89. The highest BCUT2D eigenvalue weighted by Crippen LogP contribution is 2.25. The third kappa shape index (κ3) is 1.80. The molecule has 0 fully saturated rings. The first-order chi connectivity index (χ1) is 6.45. The smallest absolute Gasteiger partial charge is 0.337 e. The molecule has 5 heteroatoms. The van der Waals surface area contributed by atoms with Gasteiger partial charge in [0.15, 0.2) is 0 Å². The van der Waals surface area contributed by atoms with Gasteiger partial charge in [-0.05, 0) is 6.92 Å². The van der Waals surface area contributed by atoms with Crippen LogP contribution >= 0.6 is 11.6 Å². The van der Waals surface area contributed by atoms with E-state index in [0.29, 0.717) is 11.4 Å². The highest BCUT2D eigenvalue weighted by molar-refractivity contribution is 6.33. The number of halogens is 1. The summed E-state index contributed by atoms with van der Waals surface area (Å²) in [6.45, 7) is 1.69. The minimum absolute atomic E-state index is 0.116. The van der Waals surface area contributed by atoms with Gasteiger partial charge in [-0.15, -0.1) is 0 Å². The maximum absolute atomic E-state index is 10.9. The average molecular weight is 215 g/mol. The Hall–Kier alpha value is -1.29. The molecule has 0 saturated carbocycles. The molecule has 1 rings (SSSR count). The lowest BCUT2D eigenvalue weighted by Crippen LogP contribution is -2.15. The molecule has 0 saturated heterocycles. The van der Waals surface area contributed by atoms with E-state index in [9.17, 15) is 4.79 Å². The van der Waals surface area contributed by atoms with Gasteiger partial charge in [-0.3, -0.25) is 0 Å². The normalized spacial score (nSPS) is 10.0. The topological polar surface area (TPSA) is 53.4 Å². The molecular formula is C9H11ClN2O2. The number of carbonyl (C=O) groups is 1. The summed E-state index contributed by atoms with van der Waals surface area (Å²) in [5, 5.41) is 9.09. The Morgan fingerprint density at radius 3 is 2.57 bits per heavy atom. The van der Waals surface area contributed by atoms with Crippen molar-refractivity contribution < 1.29 is 9.90 Å². The number of anilines is 1. The van der Waals surface area contributed by atoms with E-state index in [1.165, 1.54) is 6.20 Å². The minimum Gasteiger partial charge on any atom is -0.478 e. The molecule has 0 bridgehead atoms. The lowest BCUT2D eigenvalue weighted by atomic mass is 10.1. The molecule has 1 aromatic heterocycles. The van der Waals surface area contributed by atoms with Gasteiger partial charge in [-0.1, -0.05) is 11.6 Å². The largest absolute Gasteiger partial charge is 0.478 e. The Kier molecular flexibility index (Phi) is 2.96. The summed E-state index contributed by atoms with van der Waals surface area (Å²) >= 11 is 5.74. The van der Waals surface area contributed by atoms with Crippen molar-refractivity contribution in [2.24, 2.45) is 0 Å². The maximum Gasteiger partial charge on any atom is 0.337 e. The van der Waals surface area contributed by atoms with E-state index in [-0.39, 0.29) is 10.6 Å². The standard InChI is InChI=1S/C9H11ClN2O2/c1-5-7(9(13)14)6(10)4-11-8(5)12(2)3/h4H,1-3H3,(H,13,14). The summed E-state index contributed by atoms with van der Waals surface area (Å²) < 4.78 is 0. The fourth-order valence-corrected chi connectivity index (χ4v) is 1.55. The molecule has 0 amide bonds. The summed E-state index contributed by atoms with van der Waals surface area (Å²) in [5.41, 5.74) is 0.695. The lowest BCUT2D eigenvalue weighted by Gasteiger charge is -2.15. The van der Waals surface area contributed by atoms with Gasteiger partial charge in [-0.2, -0.15) is 0 Å². The minimum atomic E-state index is -1.03. The number of carboxylic acids is 1. The predicted molar refractivity (Wildman–Crippen MR) is 55.3 cm³/mol. The SMILES string of the molecule is Cc1c(N(C)C)ncc(Cl)c1C(=O)O. The molecular weight excluding hydrogens is 204 g/mol. The molecule has 1 aromatic rings. The number of pyridine rings is 1. The Labute approximate surface area is 87.1 Å². The molecule has 0 aliphatic rings. The first-order valence-corrected chi connectivity index (χ1v) is 4.38. The average Bonchev–Trinajstić information content (AvgIpc) is 2.02. The number of aromatic carboxylic acids is 1. The van der Waals surface area contributed by atoms with Crippen LogP contribution in [0.25, 0.3) is 0 Å². The van der Waals surface area contributed by atoms with Crippen molar-refractivity contribution >= 4 is 23.4 Å². The monoisotopic (exact) mass is 214 g/mol. The Balaban J connectivity index is 3.41. The molecule has 0 spiro atoms. The van der Waals surface area contributed by atoms with Crippen molar-refractivity contribution in [1.82, 2.24) is 4.98 Å². The van der Waals surface area contributed by atoms with Crippen LogP contribution < -0.4 is 4.90 Å². The molecule has 0 aromatic carbocycles. The maximum atomic E-state index is 10.9. The van der Waals surface area contributed by atoms with Crippen LogP contribution in [0.5, 0.6) is 0 Å². The number of nitrogens with zero attached hydrogens (tertiary/aromatic N) is 2. The van der Waals surface area contributed by atoms with Crippen LogP contribution in [0.3, 0.4) is 0 Å². The zero-order valence-electron chi connectivity index (χ0n) is 8.21. The molecule has 0 aliphatic heterocycles. The van der Waals surface area contributed by atoms with E-state index < -0.39 is 5.97 Å². The van der Waals surface area contributed by atoms with Crippen molar-refractivity contribution in [3.05, 3.63) is 22.3 Å². The van der Waals surface area contributed by atoms with E-state index in [1.807, 2.05) is 0 Å². The first-order valence-electron chi connectivity index (χ1n) is 4.01. The summed E-state index contributed by atoms with van der Waals surface area (Å²) in [7, 11) is 3.60. The van der Waals surface area contributed by atoms with Gasteiger partial charge >= 0.3 is 5.97 Å². The van der Waals surface area contributed by atoms with Crippen molar-refractivity contribution in [3.8, 4) is 0 Å². The fourth-order valence-electron chi connectivity index (χ4n) is 1.28. The molecule has 0 aliphatic carbocycles. The van der Waals surface area contributed by atoms with Crippen molar-refractivity contribution in [3.63, 3.8) is 0 Å². The van der Waals surface area contributed by atoms with Gasteiger partial charge in [0.05, 0.1) is 10.6 Å². The Morgan fingerprint density at radius 1 is 1.57 bits per heavy atom. The number of hydrogen-bond acceptors (Lipinski definition) is 3. The van der Waals surface area contributed by atoms with Crippen molar-refractivity contribution in [2.45, 2.75) is 6.92 Å². The van der Waals surface area contributed by atoms with Crippen LogP contribution in [0.15, 0.2) is 6.20 Å². The van der Waals surface area contributed by atoms with Crippen molar-refractivity contribution in [1.29, 1.82) is 0 Å². The summed E-state index contributed by atoms with van der Waals surface area (Å²) in [6.07, 6.45) is 1.35. The zero-order chi connectivity index (χ0) is 10.9. The van der Waals surface area contributed by atoms with E-state index in [1.54, 1.807) is 25.9 Å². The van der Waals surface area contributed by atoms with Gasteiger partial charge in [0, 0.05) is 25.9 Å². The van der Waals surface area contributed by atoms with Crippen LogP contribution in [-0.2, 0) is 0 Å². The van der Waals surface area contributed by atoms with E-state index in [0.717, 1.165) is 0 Å². The fraction of sp³-hybridized carbons (Fsp3) is 0.333. The summed E-state index contributed by atoms with van der Waals surface area (Å²) in [6, 6.07) is 0. The molecule has 4 nitrogen and oxygen atoms in total. The molecule has 0 unspecified atom stereocenters. The van der Waals surface area contributed by atoms with Gasteiger partial charge in [0.1, 0.15) is 5.82 Å². The summed E-state index contributed by atoms with van der Waals surface area (Å²) in [4.78, 5) is 16.7. The third-order valence-corrected chi connectivity index (χ3v) is 2.17. The molecule has 1 heterocycles. The van der Waals surface area contributed by atoms with Crippen molar-refractivity contribution in [2.75, 3.05) is 19.0 Å². The van der Waals surface area contributed by atoms with E-state index in [2.05, 4.69) is 4.98 Å². The Bertz CT molecular complexity index is 377. The zero-order valence-corrected chi connectivity index (χ0v) is 8.96. The predicted octanol–water partition coefficient (Wildman–Crippen LogP) is 1.81. The van der Waals surface area contributed by atoms with Crippen LogP contribution in [0.4, 0.5) is 5.82 Å². The second-order valence-electron chi connectivity index (χ2n) is 3.13. The van der Waals surface area contributed by atoms with Gasteiger partial charge in [-0.25, -0.2) is 9.78 Å². The molecule has 76 valence electrons. The first kappa shape index (κ1) is 10.8. The second kappa shape index (κ2) is 3.84. The van der Waals surface area contributed by atoms with Gasteiger partial charge < -0.3 is 10.0 Å². The Morgan fingerprint density at radius 2 is 2.14 bits per heavy atom. The van der Waals surface area contributed by atoms with Crippen LogP contribution in [-0.4, -0.2) is 30.2 Å². The number of rotatable bonds is 2. The molecule has 0 atom stereocenters. The van der Waals surface area contributed by atoms with Crippen LogP contribution in [0.2, 0.25) is 5.02 Å². The lowest BCUT2D eigenvalue weighted by molar-refractivity contribution is 0.0696. The number of hydrogen-bond donors (Lipinski definition) is 1. The molecule has 1 N–H and O–H groups in total. The van der Waals surface area contributed by atoms with Crippen LogP contribution in [0, 0.1) is 6.92 Å². The van der Waals surface area contributed by atoms with E-state index >= 15 is 0 Å². The van der Waals surface area contributed by atoms with Gasteiger partial charge in [0.2, 0.25) is 0 Å².